The summed E-state index contributed by atoms with van der Waals surface area (Å²) < 4.78 is 26.9. The molecular weight excluding hydrogens is 276 g/mol. The predicted octanol–water partition coefficient (Wildman–Crippen LogP) is 2.06. The maximum absolute atomic E-state index is 13.7. The topological polar surface area (TPSA) is 36.4 Å². The van der Waals surface area contributed by atoms with Crippen molar-refractivity contribution >= 4 is 5.91 Å². The molecule has 1 unspecified atom stereocenters. The van der Waals surface area contributed by atoms with Gasteiger partial charge in [0.2, 0.25) is 5.95 Å². The SMILES string of the molecule is O=C(c1ccnc(F)c1F)N1CCCC(N2CCCC2)C1. The van der Waals surface area contributed by atoms with Gasteiger partial charge in [-0.2, -0.15) is 4.39 Å². The summed E-state index contributed by atoms with van der Waals surface area (Å²) in [6, 6.07) is 1.60. The highest BCUT2D eigenvalue weighted by atomic mass is 19.2. The molecule has 1 aromatic heterocycles. The molecule has 0 spiro atoms. The minimum absolute atomic E-state index is 0.218. The maximum atomic E-state index is 13.7. The van der Waals surface area contributed by atoms with Crippen molar-refractivity contribution in [1.82, 2.24) is 14.8 Å². The Labute approximate surface area is 122 Å². The van der Waals surface area contributed by atoms with Crippen molar-refractivity contribution in [3.05, 3.63) is 29.6 Å². The Balaban J connectivity index is 1.73. The maximum Gasteiger partial charge on any atom is 0.257 e. The highest BCUT2D eigenvalue weighted by molar-refractivity contribution is 5.94. The van der Waals surface area contributed by atoms with Gasteiger partial charge in [-0.15, -0.1) is 0 Å². The number of halogens is 2. The molecule has 0 saturated carbocycles. The summed E-state index contributed by atoms with van der Waals surface area (Å²) in [5.74, 6) is -2.79. The van der Waals surface area contributed by atoms with Crippen molar-refractivity contribution < 1.29 is 13.6 Å². The molecule has 2 aliphatic rings. The number of piperidine rings is 1. The van der Waals surface area contributed by atoms with E-state index in [0.717, 1.165) is 32.1 Å². The molecule has 0 N–H and O–H groups in total. The molecule has 0 bridgehead atoms. The summed E-state index contributed by atoms with van der Waals surface area (Å²) in [7, 11) is 0. The van der Waals surface area contributed by atoms with Crippen molar-refractivity contribution in [2.24, 2.45) is 0 Å². The summed E-state index contributed by atoms with van der Waals surface area (Å²) in [5.41, 5.74) is -0.218. The average molecular weight is 295 g/mol. The van der Waals surface area contributed by atoms with Crippen LogP contribution in [0.3, 0.4) is 0 Å². The Kier molecular flexibility index (Phi) is 4.14. The van der Waals surface area contributed by atoms with Crippen molar-refractivity contribution in [3.63, 3.8) is 0 Å². The van der Waals surface area contributed by atoms with E-state index in [1.165, 1.54) is 18.9 Å². The fourth-order valence-electron chi connectivity index (χ4n) is 3.30. The monoisotopic (exact) mass is 295 g/mol. The third kappa shape index (κ3) is 2.90. The highest BCUT2D eigenvalue weighted by Crippen LogP contribution is 2.22. The van der Waals surface area contributed by atoms with Gasteiger partial charge in [-0.05, 0) is 44.8 Å². The first-order valence-electron chi connectivity index (χ1n) is 7.50. The molecule has 3 heterocycles. The molecule has 0 radical (unpaired) electrons. The van der Waals surface area contributed by atoms with Crippen LogP contribution in [0.25, 0.3) is 0 Å². The Hall–Kier alpha value is -1.56. The van der Waals surface area contributed by atoms with Crippen LogP contribution < -0.4 is 0 Å². The molecule has 1 aromatic rings. The summed E-state index contributed by atoms with van der Waals surface area (Å²) in [6.45, 7) is 3.35. The van der Waals surface area contributed by atoms with Crippen LogP contribution in [0, 0.1) is 11.8 Å². The molecule has 114 valence electrons. The summed E-state index contributed by atoms with van der Waals surface area (Å²) in [6.07, 6.45) is 5.51. The van der Waals surface area contributed by atoms with Gasteiger partial charge in [0.05, 0.1) is 5.56 Å². The average Bonchev–Trinajstić information content (AvgIpc) is 3.04. The Morgan fingerprint density at radius 3 is 2.71 bits per heavy atom. The lowest BCUT2D eigenvalue weighted by atomic mass is 10.0. The van der Waals surface area contributed by atoms with Gasteiger partial charge in [-0.1, -0.05) is 0 Å². The number of hydrogen-bond acceptors (Lipinski definition) is 3. The molecule has 3 rings (SSSR count). The normalized spacial score (nSPS) is 23.5. The Bertz CT molecular complexity index is 532. The van der Waals surface area contributed by atoms with Crippen LogP contribution in [-0.4, -0.2) is 52.9 Å². The number of carbonyl (C=O) groups excluding carboxylic acids is 1. The predicted molar refractivity (Wildman–Crippen MR) is 73.9 cm³/mol. The largest absolute Gasteiger partial charge is 0.337 e. The standard InChI is InChI=1S/C15H19F2N3O/c16-13-12(5-6-18-14(13)17)15(21)20-9-3-4-11(10-20)19-7-1-2-8-19/h5-6,11H,1-4,7-10H2. The van der Waals surface area contributed by atoms with E-state index in [9.17, 15) is 13.6 Å². The van der Waals surface area contributed by atoms with E-state index in [4.69, 9.17) is 0 Å². The zero-order chi connectivity index (χ0) is 14.8. The van der Waals surface area contributed by atoms with Gasteiger partial charge in [0.1, 0.15) is 0 Å². The molecule has 0 aromatic carbocycles. The first-order chi connectivity index (χ1) is 10.2. The number of carbonyl (C=O) groups is 1. The first-order valence-corrected chi connectivity index (χ1v) is 7.50. The smallest absolute Gasteiger partial charge is 0.257 e. The van der Waals surface area contributed by atoms with Gasteiger partial charge in [0, 0.05) is 25.3 Å². The number of amides is 1. The second-order valence-electron chi connectivity index (χ2n) is 5.75. The van der Waals surface area contributed by atoms with Crippen molar-refractivity contribution in [2.45, 2.75) is 31.7 Å². The number of aromatic nitrogens is 1. The number of nitrogens with zero attached hydrogens (tertiary/aromatic N) is 3. The van der Waals surface area contributed by atoms with Crippen LogP contribution in [0.1, 0.15) is 36.0 Å². The van der Waals surface area contributed by atoms with Crippen LogP contribution in [0.2, 0.25) is 0 Å². The van der Waals surface area contributed by atoms with Gasteiger partial charge in [-0.25, -0.2) is 9.37 Å². The summed E-state index contributed by atoms with van der Waals surface area (Å²) in [4.78, 5) is 19.7. The number of hydrogen-bond donors (Lipinski definition) is 0. The van der Waals surface area contributed by atoms with Crippen LogP contribution in [-0.2, 0) is 0 Å². The lowest BCUT2D eigenvalue weighted by Gasteiger charge is -2.37. The Morgan fingerprint density at radius 2 is 1.95 bits per heavy atom. The van der Waals surface area contributed by atoms with Gasteiger partial charge >= 0.3 is 0 Å². The third-order valence-electron chi connectivity index (χ3n) is 4.42. The zero-order valence-corrected chi connectivity index (χ0v) is 11.9. The quantitative estimate of drug-likeness (QED) is 0.784. The molecule has 2 fully saturated rings. The van der Waals surface area contributed by atoms with Crippen LogP contribution in [0.4, 0.5) is 8.78 Å². The van der Waals surface area contributed by atoms with Gasteiger partial charge in [-0.3, -0.25) is 9.69 Å². The van der Waals surface area contributed by atoms with Crippen molar-refractivity contribution in [3.8, 4) is 0 Å². The fourth-order valence-corrected chi connectivity index (χ4v) is 3.30. The van der Waals surface area contributed by atoms with Crippen LogP contribution in [0.15, 0.2) is 12.3 Å². The minimum atomic E-state index is -1.21. The van der Waals surface area contributed by atoms with E-state index in [2.05, 4.69) is 9.88 Å². The van der Waals surface area contributed by atoms with E-state index >= 15 is 0 Å². The van der Waals surface area contributed by atoms with Gasteiger partial charge in [0.15, 0.2) is 5.82 Å². The van der Waals surface area contributed by atoms with Crippen molar-refractivity contribution in [2.75, 3.05) is 26.2 Å². The molecule has 6 heteroatoms. The zero-order valence-electron chi connectivity index (χ0n) is 11.9. The number of pyridine rings is 1. The second-order valence-corrected chi connectivity index (χ2v) is 5.75. The molecule has 1 atom stereocenters. The summed E-state index contributed by atoms with van der Waals surface area (Å²) >= 11 is 0. The second kappa shape index (κ2) is 6.05. The number of likely N-dealkylation sites (tertiary alicyclic amines) is 2. The molecular formula is C15H19F2N3O. The van der Waals surface area contributed by atoms with Crippen molar-refractivity contribution in [1.29, 1.82) is 0 Å². The van der Waals surface area contributed by atoms with E-state index in [1.807, 2.05) is 0 Å². The lowest BCUT2D eigenvalue weighted by molar-refractivity contribution is 0.0602. The van der Waals surface area contributed by atoms with Gasteiger partial charge < -0.3 is 4.90 Å². The van der Waals surface area contributed by atoms with E-state index in [-0.39, 0.29) is 5.56 Å². The molecule has 4 nitrogen and oxygen atoms in total. The minimum Gasteiger partial charge on any atom is -0.337 e. The lowest BCUT2D eigenvalue weighted by Crippen LogP contribution is -2.49. The molecule has 21 heavy (non-hydrogen) atoms. The third-order valence-corrected chi connectivity index (χ3v) is 4.42. The summed E-state index contributed by atoms with van der Waals surface area (Å²) in [5, 5.41) is 0. The molecule has 2 saturated heterocycles. The number of rotatable bonds is 2. The van der Waals surface area contributed by atoms with E-state index in [1.54, 1.807) is 4.90 Å². The first kappa shape index (κ1) is 14.4. The van der Waals surface area contributed by atoms with E-state index < -0.39 is 17.7 Å². The molecule has 1 amide bonds. The fraction of sp³-hybridized carbons (Fsp3) is 0.600. The van der Waals surface area contributed by atoms with Crippen LogP contribution >= 0.6 is 0 Å². The van der Waals surface area contributed by atoms with E-state index in [0.29, 0.717) is 19.1 Å². The Morgan fingerprint density at radius 1 is 1.19 bits per heavy atom. The van der Waals surface area contributed by atoms with Gasteiger partial charge in [0.25, 0.3) is 5.91 Å². The van der Waals surface area contributed by atoms with Crippen LogP contribution in [0.5, 0.6) is 0 Å². The highest BCUT2D eigenvalue weighted by Gasteiger charge is 2.31. The molecule has 0 aliphatic carbocycles. The molecule has 2 aliphatic heterocycles.